The number of fused-ring (bicyclic) bond motifs is 3. The Balaban J connectivity index is 0.00000176. The first-order valence-electron chi connectivity index (χ1n) is 11.2. The monoisotopic (exact) mass is 430 g/mol. The zero-order chi connectivity index (χ0) is 23.5. The molecule has 1 aromatic rings. The molecule has 4 nitrogen and oxygen atoms in total. The van der Waals surface area contributed by atoms with Crippen LogP contribution in [0.2, 0.25) is 0 Å². The van der Waals surface area contributed by atoms with Crippen molar-refractivity contribution in [3.63, 3.8) is 0 Å². The van der Waals surface area contributed by atoms with Gasteiger partial charge in [-0.05, 0) is 32.4 Å². The highest BCUT2D eigenvalue weighted by atomic mass is 16.5. The van der Waals surface area contributed by atoms with Crippen molar-refractivity contribution in [3.8, 4) is 5.75 Å². The van der Waals surface area contributed by atoms with Crippen LogP contribution in [-0.2, 0) is 4.79 Å². The average molecular weight is 431 g/mol. The molecule has 0 bridgehead atoms. The average Bonchev–Trinajstić information content (AvgIpc) is 3.28. The maximum Gasteiger partial charge on any atom is 0.251 e. The van der Waals surface area contributed by atoms with E-state index >= 15 is 0 Å². The molecule has 0 N–H and O–H groups in total. The van der Waals surface area contributed by atoms with Gasteiger partial charge in [0.05, 0.1) is 11.8 Å². The van der Waals surface area contributed by atoms with Crippen molar-refractivity contribution >= 4 is 11.5 Å². The van der Waals surface area contributed by atoms with E-state index in [0.717, 1.165) is 22.6 Å². The molecule has 2 aliphatic heterocycles. The maximum absolute atomic E-state index is 13.4. The third-order valence-corrected chi connectivity index (χ3v) is 5.08. The van der Waals surface area contributed by atoms with Crippen LogP contribution in [0, 0.1) is 0 Å². The van der Waals surface area contributed by atoms with Gasteiger partial charge in [0.15, 0.2) is 0 Å². The van der Waals surface area contributed by atoms with Crippen LogP contribution in [0.3, 0.4) is 0 Å². The Morgan fingerprint density at radius 2 is 1.88 bits per heavy atom. The quantitative estimate of drug-likeness (QED) is 0.350. The fourth-order valence-electron chi connectivity index (χ4n) is 3.65. The highest BCUT2D eigenvalue weighted by molar-refractivity contribution is 6.05. The molecule has 32 heavy (non-hydrogen) atoms. The Morgan fingerprint density at radius 1 is 1.12 bits per heavy atom. The molecule has 0 saturated carbocycles. The van der Waals surface area contributed by atoms with Crippen molar-refractivity contribution in [3.05, 3.63) is 102 Å². The van der Waals surface area contributed by atoms with Gasteiger partial charge in [-0.2, -0.15) is 5.10 Å². The summed E-state index contributed by atoms with van der Waals surface area (Å²) in [6, 6.07) is 7.85. The predicted octanol–water partition coefficient (Wildman–Crippen LogP) is 6.87. The zero-order valence-electron chi connectivity index (χ0n) is 19.8. The second-order valence-corrected chi connectivity index (χ2v) is 7.01. The van der Waals surface area contributed by atoms with Crippen molar-refractivity contribution < 1.29 is 9.53 Å². The van der Waals surface area contributed by atoms with Gasteiger partial charge in [0.1, 0.15) is 5.75 Å². The van der Waals surface area contributed by atoms with Crippen molar-refractivity contribution in [2.24, 2.45) is 5.10 Å². The predicted molar refractivity (Wildman–Crippen MR) is 135 cm³/mol. The summed E-state index contributed by atoms with van der Waals surface area (Å²) in [6.07, 6.45) is 16.8. The van der Waals surface area contributed by atoms with E-state index < -0.39 is 6.23 Å². The van der Waals surface area contributed by atoms with Crippen LogP contribution >= 0.6 is 0 Å². The molecule has 0 aliphatic carbocycles. The van der Waals surface area contributed by atoms with E-state index in [-0.39, 0.29) is 11.8 Å². The molecule has 0 fully saturated rings. The Kier molecular flexibility index (Phi) is 9.68. The van der Waals surface area contributed by atoms with E-state index in [4.69, 9.17) is 9.84 Å². The van der Waals surface area contributed by atoms with Gasteiger partial charge in [0.25, 0.3) is 6.23 Å². The lowest BCUT2D eigenvalue weighted by Crippen LogP contribution is -2.46. The molecular weight excluding hydrogens is 396 g/mol. The Morgan fingerprint density at radius 3 is 2.53 bits per heavy atom. The first-order chi connectivity index (χ1) is 15.6. The molecule has 0 saturated heterocycles. The highest BCUT2D eigenvalue weighted by Gasteiger charge is 2.43. The summed E-state index contributed by atoms with van der Waals surface area (Å²) in [4.78, 5) is 13.4. The van der Waals surface area contributed by atoms with E-state index in [1.54, 1.807) is 6.08 Å². The van der Waals surface area contributed by atoms with E-state index in [9.17, 15) is 4.79 Å². The van der Waals surface area contributed by atoms with E-state index in [2.05, 4.69) is 6.58 Å². The van der Waals surface area contributed by atoms with Gasteiger partial charge in [-0.25, -0.2) is 5.01 Å². The standard InChI is InChI=1S/C26H28N2O2.C2H6/c1-5-9-14-19(8-4)22-18-23-21-16-11-12-17-24(21)30-26(28(23)27-22)25(29)20(13-7-3)15-10-6-2;1-2/h5-17,23,26H,1,18H2,2-4H3;1-2H3/b10-6-,13-7-,14-9-,19-8+,20-15+;. The summed E-state index contributed by atoms with van der Waals surface area (Å²) < 4.78 is 6.17. The first-order valence-corrected chi connectivity index (χ1v) is 11.2. The van der Waals surface area contributed by atoms with Gasteiger partial charge in [0.2, 0.25) is 5.78 Å². The lowest BCUT2D eigenvalue weighted by Gasteiger charge is -2.37. The Bertz CT molecular complexity index is 992. The molecule has 0 radical (unpaired) electrons. The molecule has 2 atom stereocenters. The van der Waals surface area contributed by atoms with Crippen LogP contribution in [0.1, 0.15) is 52.6 Å². The van der Waals surface area contributed by atoms with Gasteiger partial charge in [0, 0.05) is 17.6 Å². The van der Waals surface area contributed by atoms with Gasteiger partial charge >= 0.3 is 0 Å². The minimum atomic E-state index is -0.809. The molecule has 0 aromatic heterocycles. The number of rotatable bonds is 7. The van der Waals surface area contributed by atoms with Crippen molar-refractivity contribution in [1.29, 1.82) is 0 Å². The molecule has 2 heterocycles. The van der Waals surface area contributed by atoms with Crippen LogP contribution in [0.15, 0.2) is 102 Å². The number of ether oxygens (including phenoxy) is 1. The summed E-state index contributed by atoms with van der Waals surface area (Å²) in [5.74, 6) is 0.627. The minimum absolute atomic E-state index is 0.0421. The molecule has 0 amide bonds. The lowest BCUT2D eigenvalue weighted by molar-refractivity contribution is -0.133. The largest absolute Gasteiger partial charge is 0.461 e. The third kappa shape index (κ3) is 5.44. The second kappa shape index (κ2) is 12.5. The zero-order valence-corrected chi connectivity index (χ0v) is 19.8. The number of hydrogen-bond acceptors (Lipinski definition) is 4. The molecular formula is C28H34N2O2. The van der Waals surface area contributed by atoms with Crippen molar-refractivity contribution in [2.45, 2.75) is 53.3 Å². The summed E-state index contributed by atoms with van der Waals surface area (Å²) in [6.45, 7) is 13.5. The number of hydrogen-bond donors (Lipinski definition) is 0. The number of carbonyl (C=O) groups is 1. The molecule has 2 unspecified atom stereocenters. The molecule has 4 heteroatoms. The van der Waals surface area contributed by atoms with Crippen molar-refractivity contribution in [2.75, 3.05) is 0 Å². The normalized spacial score (nSPS) is 20.5. The van der Waals surface area contributed by atoms with Crippen LogP contribution in [0.4, 0.5) is 0 Å². The van der Waals surface area contributed by atoms with Gasteiger partial charge < -0.3 is 4.74 Å². The van der Waals surface area contributed by atoms with Gasteiger partial charge in [-0.3, -0.25) is 4.79 Å². The van der Waals surface area contributed by atoms with Gasteiger partial charge in [-0.1, -0.05) is 93.3 Å². The summed E-state index contributed by atoms with van der Waals surface area (Å²) in [5.41, 5.74) is 3.59. The second-order valence-electron chi connectivity index (χ2n) is 7.01. The fourth-order valence-corrected chi connectivity index (χ4v) is 3.65. The van der Waals surface area contributed by atoms with Gasteiger partial charge in [-0.15, -0.1) is 0 Å². The number of benzene rings is 1. The van der Waals surface area contributed by atoms with E-state index in [1.165, 1.54) is 0 Å². The van der Waals surface area contributed by atoms with Crippen LogP contribution in [0.25, 0.3) is 0 Å². The summed E-state index contributed by atoms with van der Waals surface area (Å²) >= 11 is 0. The highest BCUT2D eigenvalue weighted by Crippen LogP contribution is 2.43. The van der Waals surface area contributed by atoms with Crippen molar-refractivity contribution in [1.82, 2.24) is 5.01 Å². The number of para-hydroxylation sites is 1. The van der Waals surface area contributed by atoms with Crippen LogP contribution in [-0.4, -0.2) is 22.7 Å². The molecule has 0 spiro atoms. The topological polar surface area (TPSA) is 41.9 Å². The number of hydrazone groups is 1. The number of carbonyl (C=O) groups excluding carboxylic acids is 1. The maximum atomic E-state index is 13.4. The summed E-state index contributed by atoms with van der Waals surface area (Å²) in [7, 11) is 0. The third-order valence-electron chi connectivity index (χ3n) is 5.08. The lowest BCUT2D eigenvalue weighted by atomic mass is 9.95. The number of ketones is 1. The number of Topliss-reactive ketones (excluding diaryl/α,β-unsaturated/α-hetero) is 1. The molecule has 3 rings (SSSR count). The number of allylic oxidation sites excluding steroid dienone is 10. The van der Waals surface area contributed by atoms with E-state index in [1.807, 2.05) is 113 Å². The van der Waals surface area contributed by atoms with E-state index in [0.29, 0.717) is 12.0 Å². The fraction of sp³-hybridized carbons (Fsp3) is 0.286. The SMILES string of the molecule is C=C/C=C\C(=C/C)C1=NN2C(C(=O)C(/C=C\C)=C/C=C\C)Oc3ccccc3C2C1.CC. The minimum Gasteiger partial charge on any atom is -0.461 e. The molecule has 1 aromatic carbocycles. The van der Waals surface area contributed by atoms with Crippen LogP contribution in [0.5, 0.6) is 5.75 Å². The Labute approximate surface area is 192 Å². The summed E-state index contributed by atoms with van der Waals surface area (Å²) in [5, 5.41) is 6.66. The molecule has 168 valence electrons. The Hall–Kier alpha value is -3.40. The smallest absolute Gasteiger partial charge is 0.251 e. The van der Waals surface area contributed by atoms with Crippen LogP contribution < -0.4 is 4.74 Å². The number of nitrogens with zero attached hydrogens (tertiary/aromatic N) is 2. The molecule has 2 aliphatic rings. The first kappa shape index (κ1) is 24.9.